The number of carbonyl (C=O) groups excluding carboxylic acids is 1. The van der Waals surface area contributed by atoms with Gasteiger partial charge < -0.3 is 20.4 Å². The van der Waals surface area contributed by atoms with E-state index >= 15 is 0 Å². The Labute approximate surface area is 188 Å². The number of aromatic carboxylic acids is 1. The second kappa shape index (κ2) is 10.8. The average Bonchev–Trinajstić information content (AvgIpc) is 2.74. The number of carboxylic acid groups (broad SMARTS) is 2. The van der Waals surface area contributed by atoms with E-state index < -0.39 is 18.1 Å². The SMILES string of the molecule is Cc1ccc(C(=O)Nc2ccc(N3CCCC(C)C3)c(C(=O)O)c2)cc1.O=C(O)C(F)(F)F. The van der Waals surface area contributed by atoms with Crippen molar-refractivity contribution in [3.8, 4) is 0 Å². The predicted octanol–water partition coefficient (Wildman–Crippen LogP) is 4.82. The number of rotatable bonds is 4. The molecule has 1 saturated heterocycles. The highest BCUT2D eigenvalue weighted by Gasteiger charge is 2.38. The lowest BCUT2D eigenvalue weighted by atomic mass is 9.98. The normalized spacial score (nSPS) is 15.8. The van der Waals surface area contributed by atoms with E-state index in [4.69, 9.17) is 9.90 Å². The molecule has 3 rings (SSSR count). The highest BCUT2D eigenvalue weighted by molar-refractivity contribution is 6.05. The number of benzene rings is 2. The zero-order valence-electron chi connectivity index (χ0n) is 18.1. The molecule has 1 heterocycles. The van der Waals surface area contributed by atoms with E-state index in [9.17, 15) is 27.9 Å². The van der Waals surface area contributed by atoms with Crippen LogP contribution in [0.25, 0.3) is 0 Å². The number of aliphatic carboxylic acids is 1. The van der Waals surface area contributed by atoms with Crippen LogP contribution in [0.2, 0.25) is 0 Å². The summed E-state index contributed by atoms with van der Waals surface area (Å²) in [6.45, 7) is 5.86. The van der Waals surface area contributed by atoms with Gasteiger partial charge in [0, 0.05) is 24.3 Å². The number of hydrogen-bond donors (Lipinski definition) is 3. The topological polar surface area (TPSA) is 107 Å². The van der Waals surface area contributed by atoms with Crippen molar-refractivity contribution < 1.29 is 37.8 Å². The first-order valence-corrected chi connectivity index (χ1v) is 10.2. The minimum Gasteiger partial charge on any atom is -0.478 e. The smallest absolute Gasteiger partial charge is 0.478 e. The Morgan fingerprint density at radius 2 is 1.67 bits per heavy atom. The number of amides is 1. The van der Waals surface area contributed by atoms with Gasteiger partial charge in [0.2, 0.25) is 0 Å². The summed E-state index contributed by atoms with van der Waals surface area (Å²) in [4.78, 5) is 35.1. The molecule has 1 aliphatic heterocycles. The van der Waals surface area contributed by atoms with E-state index in [0.29, 0.717) is 17.2 Å². The average molecular weight is 466 g/mol. The molecule has 0 aliphatic carbocycles. The molecule has 1 fully saturated rings. The number of halogens is 3. The van der Waals surface area contributed by atoms with Gasteiger partial charge in [-0.1, -0.05) is 24.6 Å². The summed E-state index contributed by atoms with van der Waals surface area (Å²) >= 11 is 0. The monoisotopic (exact) mass is 466 g/mol. The molecule has 0 aromatic heterocycles. The van der Waals surface area contributed by atoms with E-state index in [1.807, 2.05) is 19.1 Å². The molecule has 0 radical (unpaired) electrons. The van der Waals surface area contributed by atoms with Gasteiger partial charge in [0.15, 0.2) is 0 Å². The minimum atomic E-state index is -5.08. The Bertz CT molecular complexity index is 1010. The Morgan fingerprint density at radius 3 is 2.18 bits per heavy atom. The molecule has 0 bridgehead atoms. The second-order valence-electron chi connectivity index (χ2n) is 7.85. The number of nitrogens with zero attached hydrogens (tertiary/aromatic N) is 1. The van der Waals surface area contributed by atoms with Gasteiger partial charge in [-0.25, -0.2) is 9.59 Å². The predicted molar refractivity (Wildman–Crippen MR) is 117 cm³/mol. The molecule has 3 N–H and O–H groups in total. The van der Waals surface area contributed by atoms with Crippen molar-refractivity contribution in [2.45, 2.75) is 32.9 Å². The lowest BCUT2D eigenvalue weighted by Gasteiger charge is -2.33. The fourth-order valence-corrected chi connectivity index (χ4v) is 3.38. The van der Waals surface area contributed by atoms with Crippen LogP contribution in [0.1, 0.15) is 46.0 Å². The quantitative estimate of drug-likeness (QED) is 0.597. The maximum absolute atomic E-state index is 12.4. The summed E-state index contributed by atoms with van der Waals surface area (Å²) in [7, 11) is 0. The second-order valence-corrected chi connectivity index (χ2v) is 7.85. The fourth-order valence-electron chi connectivity index (χ4n) is 3.38. The first-order chi connectivity index (χ1) is 15.4. The fraction of sp³-hybridized carbons (Fsp3) is 0.348. The maximum atomic E-state index is 12.4. The molecule has 1 amide bonds. The van der Waals surface area contributed by atoms with Crippen molar-refractivity contribution >= 4 is 29.2 Å². The molecule has 1 unspecified atom stereocenters. The standard InChI is InChI=1S/C21H24N2O3.C2HF3O2/c1-14-5-7-16(8-6-14)20(24)22-17-9-10-19(18(12-17)21(25)26)23-11-3-4-15(2)13-23;3-2(4,5)1(6)7/h5-10,12,15H,3-4,11,13H2,1-2H3,(H,22,24)(H,25,26);(H,6,7). The zero-order chi connectivity index (χ0) is 24.8. The summed E-state index contributed by atoms with van der Waals surface area (Å²) in [5.41, 5.74) is 3.05. The van der Waals surface area contributed by atoms with Gasteiger partial charge in [0.25, 0.3) is 5.91 Å². The lowest BCUT2D eigenvalue weighted by Crippen LogP contribution is -2.35. The van der Waals surface area contributed by atoms with Gasteiger partial charge in [-0.15, -0.1) is 0 Å². The molecule has 2 aromatic rings. The molecule has 1 aliphatic rings. The molecule has 33 heavy (non-hydrogen) atoms. The van der Waals surface area contributed by atoms with Gasteiger partial charge in [0.1, 0.15) is 0 Å². The van der Waals surface area contributed by atoms with Crippen molar-refractivity contribution in [1.82, 2.24) is 0 Å². The molecular weight excluding hydrogens is 441 g/mol. The molecular formula is C23H25F3N2O5. The van der Waals surface area contributed by atoms with Crippen LogP contribution >= 0.6 is 0 Å². The molecule has 7 nitrogen and oxygen atoms in total. The van der Waals surface area contributed by atoms with Crippen LogP contribution < -0.4 is 10.2 Å². The van der Waals surface area contributed by atoms with Crippen LogP contribution in [0.3, 0.4) is 0 Å². The Balaban J connectivity index is 0.000000479. The molecule has 0 saturated carbocycles. The zero-order valence-corrected chi connectivity index (χ0v) is 18.1. The Kier molecular flexibility index (Phi) is 8.44. The summed E-state index contributed by atoms with van der Waals surface area (Å²) < 4.78 is 31.7. The third-order valence-corrected chi connectivity index (χ3v) is 5.04. The molecule has 1 atom stereocenters. The molecule has 0 spiro atoms. The lowest BCUT2D eigenvalue weighted by molar-refractivity contribution is -0.192. The van der Waals surface area contributed by atoms with Gasteiger partial charge in [-0.05, 0) is 56.0 Å². The first kappa shape index (κ1) is 25.7. The summed E-state index contributed by atoms with van der Waals surface area (Å²) in [6.07, 6.45) is -2.85. The van der Waals surface area contributed by atoms with Crippen molar-refractivity contribution in [2.75, 3.05) is 23.3 Å². The van der Waals surface area contributed by atoms with Gasteiger partial charge in [-0.3, -0.25) is 4.79 Å². The Morgan fingerprint density at radius 1 is 1.06 bits per heavy atom. The van der Waals surface area contributed by atoms with Crippen LogP contribution in [0.15, 0.2) is 42.5 Å². The summed E-state index contributed by atoms with van der Waals surface area (Å²) in [5.74, 6) is -3.44. The van der Waals surface area contributed by atoms with Crippen LogP contribution in [-0.4, -0.2) is 47.3 Å². The summed E-state index contributed by atoms with van der Waals surface area (Å²) in [5, 5.41) is 19.5. The van der Waals surface area contributed by atoms with E-state index in [0.717, 1.165) is 30.8 Å². The van der Waals surface area contributed by atoms with Crippen LogP contribution in [0.4, 0.5) is 24.5 Å². The molecule has 10 heteroatoms. The van der Waals surface area contributed by atoms with Crippen molar-refractivity contribution in [2.24, 2.45) is 5.92 Å². The van der Waals surface area contributed by atoms with E-state index in [1.54, 1.807) is 30.3 Å². The number of alkyl halides is 3. The first-order valence-electron chi connectivity index (χ1n) is 10.2. The third kappa shape index (κ3) is 7.51. The van der Waals surface area contributed by atoms with Crippen molar-refractivity contribution in [1.29, 1.82) is 0 Å². The maximum Gasteiger partial charge on any atom is 0.490 e. The number of aryl methyl sites for hydroxylation is 1. The number of piperidine rings is 1. The number of hydrogen-bond acceptors (Lipinski definition) is 4. The van der Waals surface area contributed by atoms with E-state index in [-0.39, 0.29) is 11.5 Å². The number of carboxylic acids is 2. The number of carbonyl (C=O) groups is 3. The minimum absolute atomic E-state index is 0.223. The van der Waals surface area contributed by atoms with Crippen LogP contribution in [0, 0.1) is 12.8 Å². The van der Waals surface area contributed by atoms with E-state index in [2.05, 4.69) is 17.1 Å². The largest absolute Gasteiger partial charge is 0.490 e. The number of nitrogens with one attached hydrogen (secondary N) is 1. The summed E-state index contributed by atoms with van der Waals surface area (Å²) in [6, 6.07) is 12.4. The highest BCUT2D eigenvalue weighted by Crippen LogP contribution is 2.29. The third-order valence-electron chi connectivity index (χ3n) is 5.04. The highest BCUT2D eigenvalue weighted by atomic mass is 19.4. The number of anilines is 2. The van der Waals surface area contributed by atoms with E-state index in [1.165, 1.54) is 6.42 Å². The molecule has 178 valence electrons. The van der Waals surface area contributed by atoms with Crippen molar-refractivity contribution in [3.63, 3.8) is 0 Å². The van der Waals surface area contributed by atoms with Gasteiger partial charge in [0.05, 0.1) is 11.3 Å². The molecule has 2 aromatic carbocycles. The van der Waals surface area contributed by atoms with Crippen molar-refractivity contribution in [3.05, 3.63) is 59.2 Å². The van der Waals surface area contributed by atoms with Gasteiger partial charge >= 0.3 is 18.1 Å². The van der Waals surface area contributed by atoms with Gasteiger partial charge in [-0.2, -0.15) is 13.2 Å². The van der Waals surface area contributed by atoms with Crippen LogP contribution in [0.5, 0.6) is 0 Å². The van der Waals surface area contributed by atoms with Crippen LogP contribution in [-0.2, 0) is 4.79 Å². The Hall–Kier alpha value is -3.56.